The molecule has 0 bridgehead atoms. The summed E-state index contributed by atoms with van der Waals surface area (Å²) in [6.07, 6.45) is -2.02. The predicted octanol–water partition coefficient (Wildman–Crippen LogP) is 5.70. The number of pyridine rings is 1. The van der Waals surface area contributed by atoms with Crippen LogP contribution in [0.15, 0.2) is 42.6 Å². The van der Waals surface area contributed by atoms with Crippen molar-refractivity contribution >= 4 is 29.3 Å². The number of benzene rings is 1. The van der Waals surface area contributed by atoms with Gasteiger partial charge >= 0.3 is 6.36 Å². The predicted molar refractivity (Wildman–Crippen MR) is 107 cm³/mol. The van der Waals surface area contributed by atoms with E-state index in [9.17, 15) is 17.6 Å². The van der Waals surface area contributed by atoms with Crippen molar-refractivity contribution in [1.29, 1.82) is 0 Å². The van der Waals surface area contributed by atoms with E-state index in [-0.39, 0.29) is 16.3 Å². The number of halogens is 5. The van der Waals surface area contributed by atoms with Crippen LogP contribution in [0.4, 0.5) is 23.4 Å². The summed E-state index contributed by atoms with van der Waals surface area (Å²) in [6.45, 7) is 2.20. The van der Waals surface area contributed by atoms with Gasteiger partial charge in [0.15, 0.2) is 5.83 Å². The molecule has 1 N–H and O–H groups in total. The number of nitrogens with zero attached hydrogens (tertiary/aromatic N) is 3. The van der Waals surface area contributed by atoms with Crippen LogP contribution in [0.25, 0.3) is 11.9 Å². The van der Waals surface area contributed by atoms with Gasteiger partial charge in [0.2, 0.25) is 0 Å². The topological polar surface area (TPSA) is 52.0 Å². The normalized spacial score (nSPS) is 12.2. The molecule has 1 aromatic carbocycles. The van der Waals surface area contributed by atoms with Crippen molar-refractivity contribution in [1.82, 2.24) is 14.8 Å². The molecular formula is C20H17ClF4N4O. The van der Waals surface area contributed by atoms with Gasteiger partial charge in [0.25, 0.3) is 0 Å². The van der Waals surface area contributed by atoms with E-state index in [1.807, 2.05) is 12.1 Å². The lowest BCUT2D eigenvalue weighted by Crippen LogP contribution is -2.17. The van der Waals surface area contributed by atoms with Crippen molar-refractivity contribution in [2.75, 3.05) is 12.4 Å². The van der Waals surface area contributed by atoms with E-state index in [1.54, 1.807) is 30.9 Å². The van der Waals surface area contributed by atoms with E-state index < -0.39 is 17.9 Å². The summed E-state index contributed by atoms with van der Waals surface area (Å²) in [5.74, 6) is -0.475. The van der Waals surface area contributed by atoms with Gasteiger partial charge in [-0.1, -0.05) is 23.7 Å². The Morgan fingerprint density at radius 2 is 2.00 bits per heavy atom. The number of aryl methyl sites for hydroxylation is 1. The van der Waals surface area contributed by atoms with Crippen LogP contribution in [0.2, 0.25) is 5.02 Å². The molecule has 30 heavy (non-hydrogen) atoms. The van der Waals surface area contributed by atoms with Crippen LogP contribution in [-0.4, -0.2) is 28.2 Å². The maximum atomic E-state index is 14.7. The number of alkyl halides is 3. The molecule has 0 aliphatic carbocycles. The lowest BCUT2D eigenvalue weighted by Gasteiger charge is -2.10. The van der Waals surface area contributed by atoms with E-state index in [2.05, 4.69) is 20.1 Å². The molecule has 0 radical (unpaired) electrons. The lowest BCUT2D eigenvalue weighted by molar-refractivity contribution is -0.274. The molecule has 0 atom stereocenters. The van der Waals surface area contributed by atoms with E-state index in [0.29, 0.717) is 6.54 Å². The fourth-order valence-electron chi connectivity index (χ4n) is 2.66. The summed E-state index contributed by atoms with van der Waals surface area (Å²) >= 11 is 5.80. The molecule has 0 aliphatic rings. The molecule has 0 unspecified atom stereocenters. The number of anilines is 1. The molecule has 3 rings (SSSR count). The van der Waals surface area contributed by atoms with Crippen LogP contribution in [0, 0.1) is 6.92 Å². The minimum atomic E-state index is -4.86. The molecule has 0 saturated carbocycles. The van der Waals surface area contributed by atoms with Gasteiger partial charge in [0.1, 0.15) is 17.3 Å². The molecule has 0 fully saturated rings. The van der Waals surface area contributed by atoms with Gasteiger partial charge in [0.05, 0.1) is 11.6 Å². The molecule has 3 aromatic rings. The number of rotatable bonds is 6. The van der Waals surface area contributed by atoms with Crippen molar-refractivity contribution in [3.63, 3.8) is 0 Å². The van der Waals surface area contributed by atoms with E-state index in [0.717, 1.165) is 29.2 Å². The highest BCUT2D eigenvalue weighted by Gasteiger charge is 2.32. The zero-order valence-corrected chi connectivity index (χ0v) is 16.7. The number of hydrogen-bond donors (Lipinski definition) is 1. The maximum Gasteiger partial charge on any atom is 0.573 e. The van der Waals surface area contributed by atoms with Crippen LogP contribution in [0.3, 0.4) is 0 Å². The van der Waals surface area contributed by atoms with Crippen molar-refractivity contribution in [3.05, 3.63) is 70.1 Å². The van der Waals surface area contributed by atoms with Crippen molar-refractivity contribution in [3.8, 4) is 5.75 Å². The molecule has 5 nitrogen and oxygen atoms in total. The van der Waals surface area contributed by atoms with Gasteiger partial charge in [-0.15, -0.1) is 13.2 Å². The summed E-state index contributed by atoms with van der Waals surface area (Å²) in [7, 11) is 1.77. The van der Waals surface area contributed by atoms with Gasteiger partial charge < -0.3 is 10.1 Å². The smallest absolute Gasteiger partial charge is 0.404 e. The monoisotopic (exact) mass is 440 g/mol. The van der Waals surface area contributed by atoms with Gasteiger partial charge in [0, 0.05) is 18.9 Å². The summed E-state index contributed by atoms with van der Waals surface area (Å²) in [5.41, 5.74) is 1.99. The SMILES string of the molecule is CNc1ccc(Cn2nc(/C(F)=C/c3ccc(OC(F)(F)F)c(Cl)c3)cc2C)cn1. The van der Waals surface area contributed by atoms with E-state index in [4.69, 9.17) is 11.6 Å². The quantitative estimate of drug-likeness (QED) is 0.500. The highest BCUT2D eigenvalue weighted by atomic mass is 35.5. The fraction of sp³-hybridized carbons (Fsp3) is 0.200. The zero-order valence-electron chi connectivity index (χ0n) is 16.0. The first kappa shape index (κ1) is 21.6. The third-order valence-corrected chi connectivity index (χ3v) is 4.41. The van der Waals surface area contributed by atoms with Crippen molar-refractivity contribution in [2.45, 2.75) is 19.8 Å². The third-order valence-electron chi connectivity index (χ3n) is 4.11. The Morgan fingerprint density at radius 1 is 1.23 bits per heavy atom. The molecule has 158 valence electrons. The molecule has 0 aliphatic heterocycles. The Kier molecular flexibility index (Phi) is 6.31. The van der Waals surface area contributed by atoms with Crippen LogP contribution in [0.5, 0.6) is 5.75 Å². The van der Waals surface area contributed by atoms with Gasteiger partial charge in [-0.2, -0.15) is 5.10 Å². The minimum Gasteiger partial charge on any atom is -0.404 e. The number of hydrogen-bond acceptors (Lipinski definition) is 4. The highest BCUT2D eigenvalue weighted by Crippen LogP contribution is 2.32. The Bertz CT molecular complexity index is 1060. The summed E-state index contributed by atoms with van der Waals surface area (Å²) in [6, 6.07) is 8.76. The Hall–Kier alpha value is -3.07. The van der Waals surface area contributed by atoms with E-state index in [1.165, 1.54) is 12.1 Å². The first-order valence-electron chi connectivity index (χ1n) is 8.74. The standard InChI is InChI=1S/C20H17ClF4N4O/c1-12-7-17(28-29(12)11-14-4-6-19(26-2)27-10-14)16(22)9-13-3-5-18(15(21)8-13)30-20(23,24)25/h3-10H,11H2,1-2H3,(H,26,27)/b16-9-. The molecule has 2 heterocycles. The summed E-state index contributed by atoms with van der Waals surface area (Å²) in [4.78, 5) is 4.23. The molecule has 0 spiro atoms. The van der Waals surface area contributed by atoms with Crippen molar-refractivity contribution < 1.29 is 22.3 Å². The van der Waals surface area contributed by atoms with Gasteiger partial charge in [-0.3, -0.25) is 4.68 Å². The Labute approximate surface area is 175 Å². The third kappa shape index (κ3) is 5.50. The molecule has 2 aromatic heterocycles. The zero-order chi connectivity index (χ0) is 21.9. The molecule has 10 heteroatoms. The lowest BCUT2D eigenvalue weighted by atomic mass is 10.2. The second-order valence-electron chi connectivity index (χ2n) is 6.36. The number of aromatic nitrogens is 3. The first-order chi connectivity index (χ1) is 14.1. The van der Waals surface area contributed by atoms with Crippen LogP contribution >= 0.6 is 11.6 Å². The van der Waals surface area contributed by atoms with Gasteiger partial charge in [-0.25, -0.2) is 9.37 Å². The largest absolute Gasteiger partial charge is 0.573 e. The Balaban J connectivity index is 1.78. The van der Waals surface area contributed by atoms with Crippen LogP contribution < -0.4 is 10.1 Å². The number of nitrogens with one attached hydrogen (secondary N) is 1. The molecule has 0 saturated heterocycles. The van der Waals surface area contributed by atoms with Gasteiger partial charge in [-0.05, 0) is 48.4 Å². The van der Waals surface area contributed by atoms with Crippen LogP contribution in [-0.2, 0) is 6.54 Å². The maximum absolute atomic E-state index is 14.7. The molecule has 0 amide bonds. The second-order valence-corrected chi connectivity index (χ2v) is 6.77. The first-order valence-corrected chi connectivity index (χ1v) is 9.12. The highest BCUT2D eigenvalue weighted by molar-refractivity contribution is 6.32. The van der Waals surface area contributed by atoms with Crippen LogP contribution in [0.1, 0.15) is 22.5 Å². The average molecular weight is 441 g/mol. The summed E-state index contributed by atoms with van der Waals surface area (Å²) in [5, 5.41) is 6.90. The van der Waals surface area contributed by atoms with Crippen molar-refractivity contribution in [2.24, 2.45) is 0 Å². The Morgan fingerprint density at radius 3 is 2.60 bits per heavy atom. The fourth-order valence-corrected chi connectivity index (χ4v) is 2.89. The molecular weight excluding hydrogens is 424 g/mol. The number of ether oxygens (including phenoxy) is 1. The average Bonchev–Trinajstić information content (AvgIpc) is 3.04. The summed E-state index contributed by atoms with van der Waals surface area (Å²) < 4.78 is 57.0. The van der Waals surface area contributed by atoms with E-state index >= 15 is 0 Å². The second kappa shape index (κ2) is 8.74. The minimum absolute atomic E-state index is 0.0963.